The Balaban J connectivity index is 1.61. The summed E-state index contributed by atoms with van der Waals surface area (Å²) in [5, 5.41) is 8.08. The highest BCUT2D eigenvalue weighted by Gasteiger charge is 2.12. The first-order valence-corrected chi connectivity index (χ1v) is 9.42. The predicted molar refractivity (Wildman–Crippen MR) is 99.0 cm³/mol. The van der Waals surface area contributed by atoms with E-state index in [0.717, 1.165) is 60.2 Å². The van der Waals surface area contributed by atoms with Crippen LogP contribution < -0.4 is 15.6 Å². The minimum atomic E-state index is 0.576. The SMILES string of the molecule is C/C(=N/NC(=S)NCCC[NH+]1CCOCC1)c1ccc(Br)s1. The number of quaternary nitrogens is 1. The number of morpholine rings is 1. The lowest BCUT2D eigenvalue weighted by molar-refractivity contribution is -0.908. The van der Waals surface area contributed by atoms with Crippen LogP contribution in [0.1, 0.15) is 18.2 Å². The van der Waals surface area contributed by atoms with E-state index in [2.05, 4.69) is 31.8 Å². The lowest BCUT2D eigenvalue weighted by Gasteiger charge is -2.23. The van der Waals surface area contributed by atoms with Crippen LogP contribution in [-0.4, -0.2) is 50.2 Å². The van der Waals surface area contributed by atoms with Crippen molar-refractivity contribution in [1.82, 2.24) is 10.7 Å². The monoisotopic (exact) mass is 405 g/mol. The first kappa shape index (κ1) is 17.8. The van der Waals surface area contributed by atoms with Crippen LogP contribution in [0.5, 0.6) is 0 Å². The molecule has 0 aromatic carbocycles. The van der Waals surface area contributed by atoms with Gasteiger partial charge in [-0.3, -0.25) is 5.43 Å². The molecule has 0 atom stereocenters. The third kappa shape index (κ3) is 6.29. The first-order chi connectivity index (χ1) is 10.6. The van der Waals surface area contributed by atoms with Gasteiger partial charge in [-0.25, -0.2) is 0 Å². The van der Waals surface area contributed by atoms with E-state index in [1.807, 2.05) is 19.1 Å². The van der Waals surface area contributed by atoms with Gasteiger partial charge in [0.2, 0.25) is 0 Å². The second-order valence-electron chi connectivity index (χ2n) is 5.13. The van der Waals surface area contributed by atoms with Crippen LogP contribution in [0.25, 0.3) is 0 Å². The Morgan fingerprint density at radius 3 is 2.91 bits per heavy atom. The van der Waals surface area contributed by atoms with Crippen molar-refractivity contribution >= 4 is 50.3 Å². The Bertz CT molecular complexity index is 515. The zero-order chi connectivity index (χ0) is 15.8. The molecule has 1 aromatic heterocycles. The number of halogens is 1. The molecule has 3 N–H and O–H groups in total. The molecule has 1 saturated heterocycles. The molecule has 0 radical (unpaired) electrons. The number of hydrogen-bond donors (Lipinski definition) is 3. The van der Waals surface area contributed by atoms with Gasteiger partial charge in [0, 0.05) is 13.0 Å². The molecule has 0 spiro atoms. The molecule has 5 nitrogen and oxygen atoms in total. The first-order valence-electron chi connectivity index (χ1n) is 7.40. The van der Waals surface area contributed by atoms with Crippen LogP contribution in [0.4, 0.5) is 0 Å². The van der Waals surface area contributed by atoms with E-state index in [-0.39, 0.29) is 0 Å². The van der Waals surface area contributed by atoms with E-state index < -0.39 is 0 Å². The number of rotatable bonds is 6. The third-order valence-corrected chi connectivity index (χ3v) is 5.42. The van der Waals surface area contributed by atoms with Gasteiger partial charge < -0.3 is 15.0 Å². The van der Waals surface area contributed by atoms with Gasteiger partial charge in [-0.05, 0) is 47.2 Å². The summed E-state index contributed by atoms with van der Waals surface area (Å²) in [4.78, 5) is 2.74. The molecule has 122 valence electrons. The maximum atomic E-state index is 5.35. The second kappa shape index (κ2) is 9.57. The highest BCUT2D eigenvalue weighted by atomic mass is 79.9. The number of hydrogen-bond acceptors (Lipinski definition) is 4. The highest BCUT2D eigenvalue weighted by Crippen LogP contribution is 2.22. The topological polar surface area (TPSA) is 50.1 Å². The molecular formula is C14H22BrN4OS2+. The average molecular weight is 406 g/mol. The van der Waals surface area contributed by atoms with Crippen molar-refractivity contribution in [2.24, 2.45) is 5.10 Å². The van der Waals surface area contributed by atoms with Gasteiger partial charge in [0.25, 0.3) is 0 Å². The molecule has 8 heteroatoms. The summed E-state index contributed by atoms with van der Waals surface area (Å²) in [6.07, 6.45) is 1.09. The van der Waals surface area contributed by atoms with Gasteiger partial charge in [0.15, 0.2) is 5.11 Å². The molecule has 0 bridgehead atoms. The fourth-order valence-corrected chi connectivity index (χ4v) is 3.67. The summed E-state index contributed by atoms with van der Waals surface area (Å²) in [5.74, 6) is 0. The average Bonchev–Trinajstić information content (AvgIpc) is 2.97. The van der Waals surface area contributed by atoms with E-state index in [1.54, 1.807) is 16.2 Å². The van der Waals surface area contributed by atoms with Gasteiger partial charge in [0.05, 0.1) is 34.1 Å². The second-order valence-corrected chi connectivity index (χ2v) is 8.01. The molecule has 1 aromatic rings. The number of nitrogens with one attached hydrogen (secondary N) is 3. The van der Waals surface area contributed by atoms with Gasteiger partial charge >= 0.3 is 0 Å². The standard InChI is InChI=1S/C14H21BrN4OS2/c1-11(12-3-4-13(15)22-12)17-18-14(21)16-5-2-6-19-7-9-20-10-8-19/h3-4H,2,5-10H2,1H3,(H2,16,18,21)/p+1/b17-11-. The number of ether oxygens (including phenoxy) is 1. The van der Waals surface area contributed by atoms with Crippen LogP contribution in [0.3, 0.4) is 0 Å². The van der Waals surface area contributed by atoms with Crippen LogP contribution in [0.2, 0.25) is 0 Å². The minimum Gasteiger partial charge on any atom is -0.370 e. The van der Waals surface area contributed by atoms with Gasteiger partial charge in [0.1, 0.15) is 13.1 Å². The summed E-state index contributed by atoms with van der Waals surface area (Å²) in [6, 6.07) is 4.06. The van der Waals surface area contributed by atoms with Gasteiger partial charge in [-0.2, -0.15) is 5.10 Å². The summed E-state index contributed by atoms with van der Waals surface area (Å²) >= 11 is 10.3. The maximum absolute atomic E-state index is 5.35. The lowest BCUT2D eigenvalue weighted by Crippen LogP contribution is -3.14. The molecule has 1 aliphatic heterocycles. The van der Waals surface area contributed by atoms with Crippen LogP contribution in [-0.2, 0) is 4.74 Å². The van der Waals surface area contributed by atoms with Crippen molar-refractivity contribution in [3.05, 3.63) is 20.8 Å². The Morgan fingerprint density at radius 1 is 1.45 bits per heavy atom. The maximum Gasteiger partial charge on any atom is 0.186 e. The molecule has 1 fully saturated rings. The smallest absolute Gasteiger partial charge is 0.186 e. The Kier molecular flexibility index (Phi) is 7.74. The number of thiophene rings is 1. The summed E-state index contributed by atoms with van der Waals surface area (Å²) in [5.41, 5.74) is 3.83. The zero-order valence-corrected chi connectivity index (χ0v) is 15.9. The third-order valence-electron chi connectivity index (χ3n) is 3.45. The number of thiocarbonyl (C=S) groups is 1. The Morgan fingerprint density at radius 2 is 2.23 bits per heavy atom. The molecule has 0 amide bonds. The normalized spacial score (nSPS) is 16.5. The van der Waals surface area contributed by atoms with Crippen LogP contribution in [0.15, 0.2) is 21.0 Å². The molecule has 2 rings (SSSR count). The Hall–Kier alpha value is -0.540. The summed E-state index contributed by atoms with van der Waals surface area (Å²) in [6.45, 7) is 7.99. The van der Waals surface area contributed by atoms with Gasteiger partial charge in [-0.15, -0.1) is 11.3 Å². The van der Waals surface area contributed by atoms with Crippen molar-refractivity contribution < 1.29 is 9.64 Å². The van der Waals surface area contributed by atoms with Crippen molar-refractivity contribution in [2.45, 2.75) is 13.3 Å². The summed E-state index contributed by atoms with van der Waals surface area (Å²) in [7, 11) is 0. The molecular weight excluding hydrogens is 384 g/mol. The minimum absolute atomic E-state index is 0.576. The number of hydrazone groups is 1. The highest BCUT2D eigenvalue weighted by molar-refractivity contribution is 9.11. The van der Waals surface area contributed by atoms with Crippen LogP contribution >= 0.6 is 39.5 Å². The quantitative estimate of drug-likeness (QED) is 0.286. The van der Waals surface area contributed by atoms with E-state index >= 15 is 0 Å². The van der Waals surface area contributed by atoms with Crippen molar-refractivity contribution in [3.8, 4) is 0 Å². The van der Waals surface area contributed by atoms with Crippen molar-refractivity contribution in [2.75, 3.05) is 39.4 Å². The lowest BCUT2D eigenvalue weighted by atomic mass is 10.3. The Labute approximate surface area is 149 Å². The molecule has 22 heavy (non-hydrogen) atoms. The molecule has 2 heterocycles. The number of nitrogens with zero attached hydrogens (tertiary/aromatic N) is 1. The van der Waals surface area contributed by atoms with Crippen molar-refractivity contribution in [3.63, 3.8) is 0 Å². The fraction of sp³-hybridized carbons (Fsp3) is 0.571. The largest absolute Gasteiger partial charge is 0.370 e. The molecule has 0 aliphatic carbocycles. The van der Waals surface area contributed by atoms with E-state index in [0.29, 0.717) is 5.11 Å². The van der Waals surface area contributed by atoms with E-state index in [4.69, 9.17) is 17.0 Å². The van der Waals surface area contributed by atoms with Crippen LogP contribution in [0, 0.1) is 0 Å². The molecule has 0 saturated carbocycles. The van der Waals surface area contributed by atoms with Crippen molar-refractivity contribution in [1.29, 1.82) is 0 Å². The zero-order valence-electron chi connectivity index (χ0n) is 12.7. The summed E-state index contributed by atoms with van der Waals surface area (Å²) < 4.78 is 6.45. The van der Waals surface area contributed by atoms with Gasteiger partial charge in [-0.1, -0.05) is 0 Å². The molecule has 0 unspecified atom stereocenters. The predicted octanol–water partition coefficient (Wildman–Crippen LogP) is 1.00. The van der Waals surface area contributed by atoms with E-state index in [1.165, 1.54) is 0 Å². The fourth-order valence-electron chi connectivity index (χ4n) is 2.19. The van der Waals surface area contributed by atoms with E-state index in [9.17, 15) is 0 Å². The molecule has 1 aliphatic rings.